The number of rotatable bonds is 8. The van der Waals surface area contributed by atoms with Crippen LogP contribution in [0, 0.1) is 11.6 Å². The lowest BCUT2D eigenvalue weighted by Crippen LogP contribution is -3.00. The zero-order chi connectivity index (χ0) is 18.3. The van der Waals surface area contributed by atoms with Crippen molar-refractivity contribution in [2.24, 2.45) is 0 Å². The molecule has 0 N–H and O–H groups in total. The summed E-state index contributed by atoms with van der Waals surface area (Å²) in [5.41, 5.74) is 2.40. The minimum Gasteiger partial charge on any atom is -1.00 e. The second-order valence-corrected chi connectivity index (χ2v) is 7.15. The van der Waals surface area contributed by atoms with E-state index in [0.717, 1.165) is 47.0 Å². The zero-order valence-electron chi connectivity index (χ0n) is 15.2. The number of quaternary nitrogens is 1. The van der Waals surface area contributed by atoms with Crippen molar-refractivity contribution in [3.63, 3.8) is 0 Å². The summed E-state index contributed by atoms with van der Waals surface area (Å²) in [5, 5.41) is 0. The Morgan fingerprint density at radius 3 is 1.96 bits per heavy atom. The highest BCUT2D eigenvalue weighted by Gasteiger charge is 2.12. The molecule has 0 amide bonds. The Labute approximate surface area is 177 Å². The van der Waals surface area contributed by atoms with E-state index in [1.54, 1.807) is 12.1 Å². The second kappa shape index (κ2) is 11.0. The van der Waals surface area contributed by atoms with Crippen LogP contribution in [-0.4, -0.2) is 31.1 Å². The van der Waals surface area contributed by atoms with Crippen molar-refractivity contribution in [1.82, 2.24) is 0 Å². The molecule has 142 valence electrons. The molecule has 0 saturated heterocycles. The van der Waals surface area contributed by atoms with Crippen LogP contribution in [-0.2, 0) is 0 Å². The van der Waals surface area contributed by atoms with Gasteiger partial charge in [-0.25, -0.2) is 8.78 Å². The van der Waals surface area contributed by atoms with Crippen LogP contribution in [0.15, 0.2) is 54.6 Å². The van der Waals surface area contributed by atoms with Gasteiger partial charge in [0.25, 0.3) is 0 Å². The van der Waals surface area contributed by atoms with Gasteiger partial charge in [0.15, 0.2) is 6.00 Å². The molecule has 1 nitrogen and oxygen atoms in total. The number of hydrogen-bond acceptors (Lipinski definition) is 0. The molecule has 0 heterocycles. The molecule has 0 aliphatic carbocycles. The molecule has 0 saturated carbocycles. The summed E-state index contributed by atoms with van der Waals surface area (Å²) in [6, 6.07) is 13.5. The van der Waals surface area contributed by atoms with E-state index in [0.29, 0.717) is 6.00 Å². The molecule has 26 heavy (non-hydrogen) atoms. The molecule has 0 aliphatic rings. The topological polar surface area (TPSA) is 0 Å². The molecule has 0 aliphatic heterocycles. The fourth-order valence-electron chi connectivity index (χ4n) is 2.70. The fourth-order valence-corrected chi connectivity index (χ4v) is 2.82. The molecular formula is C21H25ClF2IN. The van der Waals surface area contributed by atoms with E-state index in [2.05, 4.69) is 20.2 Å². The van der Waals surface area contributed by atoms with E-state index >= 15 is 0 Å². The number of allylic oxidation sites excluding steroid dienone is 1. The fraction of sp³-hybridized carbons (Fsp3) is 0.333. The van der Waals surface area contributed by atoms with Gasteiger partial charge in [0.05, 0.1) is 20.6 Å². The van der Waals surface area contributed by atoms with Crippen molar-refractivity contribution in [3.8, 4) is 0 Å². The van der Waals surface area contributed by atoms with Crippen molar-refractivity contribution < 1.29 is 37.2 Å². The maximum absolute atomic E-state index is 13.6. The lowest BCUT2D eigenvalue weighted by Gasteiger charge is -2.26. The van der Waals surface area contributed by atoms with Crippen LogP contribution < -0.4 is 24.0 Å². The summed E-state index contributed by atoms with van der Waals surface area (Å²) in [6.45, 7) is 1.01. The highest BCUT2D eigenvalue weighted by molar-refractivity contribution is 6.16. The lowest BCUT2D eigenvalue weighted by molar-refractivity contribution is -0.879. The Balaban J connectivity index is 0.00000338. The van der Waals surface area contributed by atoms with Crippen LogP contribution in [0.25, 0.3) is 5.57 Å². The van der Waals surface area contributed by atoms with E-state index in [1.165, 1.54) is 24.3 Å². The Bertz CT molecular complexity index is 684. The standard InChI is InChI=1S/C21H25ClF2N.HI/c1-25(2,16-22)13-5-3-4-12-21(17-8-6-10-19(23)14-17)18-9-7-11-20(24)15-18;/h6-12,14-15H,3-5,13,16H2,1-2H3;1H/q+1;/p-1. The quantitative estimate of drug-likeness (QED) is 0.175. The molecule has 0 atom stereocenters. The third-order valence-corrected chi connectivity index (χ3v) is 4.81. The summed E-state index contributed by atoms with van der Waals surface area (Å²) in [6.07, 6.45) is 4.98. The van der Waals surface area contributed by atoms with E-state index in [9.17, 15) is 8.78 Å². The first-order chi connectivity index (χ1) is 11.9. The van der Waals surface area contributed by atoms with Crippen molar-refractivity contribution in [2.75, 3.05) is 26.6 Å². The van der Waals surface area contributed by atoms with Gasteiger partial charge in [0.2, 0.25) is 0 Å². The van der Waals surface area contributed by atoms with E-state index in [1.807, 2.05) is 12.1 Å². The van der Waals surface area contributed by atoms with Gasteiger partial charge in [-0.3, -0.25) is 0 Å². The Kier molecular flexibility index (Phi) is 9.75. The van der Waals surface area contributed by atoms with Gasteiger partial charge in [-0.2, -0.15) is 0 Å². The number of hydrogen-bond donors (Lipinski definition) is 0. The minimum atomic E-state index is -0.291. The van der Waals surface area contributed by atoms with Crippen molar-refractivity contribution in [1.29, 1.82) is 0 Å². The molecule has 0 aromatic heterocycles. The predicted octanol–water partition coefficient (Wildman–Crippen LogP) is 2.84. The molecule has 2 aromatic rings. The van der Waals surface area contributed by atoms with Crippen LogP contribution in [0.1, 0.15) is 30.4 Å². The van der Waals surface area contributed by atoms with E-state index < -0.39 is 0 Å². The van der Waals surface area contributed by atoms with Crippen molar-refractivity contribution >= 4 is 17.2 Å². The summed E-state index contributed by atoms with van der Waals surface area (Å²) in [5.74, 6) is -0.582. The van der Waals surface area contributed by atoms with Crippen LogP contribution in [0.2, 0.25) is 0 Å². The van der Waals surface area contributed by atoms with Gasteiger partial charge >= 0.3 is 0 Å². The molecule has 0 unspecified atom stereocenters. The first-order valence-corrected chi connectivity index (χ1v) is 9.05. The third-order valence-electron chi connectivity index (χ3n) is 4.16. The molecule has 2 rings (SSSR count). The normalized spacial score (nSPS) is 11.0. The van der Waals surface area contributed by atoms with Gasteiger partial charge in [-0.15, -0.1) is 0 Å². The van der Waals surface area contributed by atoms with E-state index in [4.69, 9.17) is 11.6 Å². The first kappa shape index (κ1) is 23.1. The molecular weight excluding hydrogens is 467 g/mol. The van der Waals surface area contributed by atoms with E-state index in [-0.39, 0.29) is 35.6 Å². The largest absolute Gasteiger partial charge is 1.00 e. The lowest BCUT2D eigenvalue weighted by atomic mass is 9.96. The Morgan fingerprint density at radius 2 is 1.50 bits per heavy atom. The Hall–Kier alpha value is -0.980. The van der Waals surface area contributed by atoms with Crippen LogP contribution in [0.3, 0.4) is 0 Å². The molecule has 5 heteroatoms. The third kappa shape index (κ3) is 7.33. The average molecular weight is 492 g/mol. The summed E-state index contributed by atoms with van der Waals surface area (Å²) in [7, 11) is 4.21. The van der Waals surface area contributed by atoms with Crippen molar-refractivity contribution in [2.45, 2.75) is 19.3 Å². The van der Waals surface area contributed by atoms with Gasteiger partial charge < -0.3 is 28.5 Å². The maximum atomic E-state index is 13.6. The zero-order valence-corrected chi connectivity index (χ0v) is 18.1. The van der Waals surface area contributed by atoms with Gasteiger partial charge in [0.1, 0.15) is 11.6 Å². The number of benzene rings is 2. The highest BCUT2D eigenvalue weighted by Crippen LogP contribution is 2.25. The van der Waals surface area contributed by atoms with Gasteiger partial charge in [-0.05, 0) is 60.2 Å². The molecule has 0 bridgehead atoms. The van der Waals surface area contributed by atoms with Crippen LogP contribution in [0.4, 0.5) is 8.78 Å². The van der Waals surface area contributed by atoms with Crippen LogP contribution >= 0.6 is 11.6 Å². The molecule has 2 aromatic carbocycles. The SMILES string of the molecule is C[N+](C)(CCl)CCCCC=C(c1cccc(F)c1)c1cccc(F)c1.[I-]. The predicted molar refractivity (Wildman–Crippen MR) is 101 cm³/mol. The average Bonchev–Trinajstić information content (AvgIpc) is 2.58. The Morgan fingerprint density at radius 1 is 0.962 bits per heavy atom. The monoisotopic (exact) mass is 491 g/mol. The molecule has 0 fully saturated rings. The molecule has 0 radical (unpaired) electrons. The number of nitrogens with zero attached hydrogens (tertiary/aromatic N) is 1. The summed E-state index contributed by atoms with van der Waals surface area (Å²) in [4.78, 5) is 0. The number of halogens is 4. The van der Waals surface area contributed by atoms with Crippen LogP contribution in [0.5, 0.6) is 0 Å². The highest BCUT2D eigenvalue weighted by atomic mass is 127. The maximum Gasteiger partial charge on any atom is 0.154 e. The summed E-state index contributed by atoms with van der Waals surface area (Å²) >= 11 is 5.94. The van der Waals surface area contributed by atoms with Gasteiger partial charge in [-0.1, -0.05) is 41.9 Å². The summed E-state index contributed by atoms with van der Waals surface area (Å²) < 4.78 is 28.0. The van der Waals surface area contributed by atoms with Crippen molar-refractivity contribution in [3.05, 3.63) is 77.4 Å². The minimum absolute atomic E-state index is 0. The number of alkyl halides is 1. The van der Waals surface area contributed by atoms with Gasteiger partial charge in [0, 0.05) is 0 Å². The first-order valence-electron chi connectivity index (χ1n) is 8.51. The molecule has 0 spiro atoms. The smallest absolute Gasteiger partial charge is 0.154 e. The number of unbranched alkanes of at least 4 members (excludes halogenated alkanes) is 2. The second-order valence-electron chi connectivity index (χ2n) is 6.91.